The smallest absolute Gasteiger partial charge is 0.256 e. The molecule has 0 aliphatic heterocycles. The number of pyridine rings is 1. The van der Waals surface area contributed by atoms with E-state index in [2.05, 4.69) is 32.9 Å². The van der Waals surface area contributed by atoms with Crippen molar-refractivity contribution in [3.63, 3.8) is 0 Å². The second-order valence-corrected chi connectivity index (χ2v) is 5.32. The zero-order valence-corrected chi connectivity index (χ0v) is 12.5. The van der Waals surface area contributed by atoms with Crippen LogP contribution in [0, 0.1) is 10.5 Å². The SMILES string of the molecule is Cc1nc(NC(=O)c2ccc(Cl)cc2)ccc1I. The standard InChI is InChI=1S/C13H10ClIN2O/c1-8-11(15)6-7-12(16-8)17-13(18)9-2-4-10(14)5-3-9/h2-7H,1H3,(H,16,17,18). The van der Waals surface area contributed by atoms with Gasteiger partial charge in [-0.25, -0.2) is 4.98 Å². The lowest BCUT2D eigenvalue weighted by Gasteiger charge is -2.06. The number of hydrogen-bond acceptors (Lipinski definition) is 2. The fourth-order valence-electron chi connectivity index (χ4n) is 1.40. The zero-order chi connectivity index (χ0) is 13.1. The van der Waals surface area contributed by atoms with E-state index in [-0.39, 0.29) is 5.91 Å². The Balaban J connectivity index is 2.16. The molecule has 2 aromatic rings. The third-order valence-corrected chi connectivity index (χ3v) is 3.76. The van der Waals surface area contributed by atoms with Gasteiger partial charge < -0.3 is 5.32 Å². The number of halogens is 2. The molecule has 18 heavy (non-hydrogen) atoms. The summed E-state index contributed by atoms with van der Waals surface area (Å²) in [6.45, 7) is 1.90. The van der Waals surface area contributed by atoms with Gasteiger partial charge in [0.25, 0.3) is 5.91 Å². The van der Waals surface area contributed by atoms with Crippen molar-refractivity contribution in [2.45, 2.75) is 6.92 Å². The maximum Gasteiger partial charge on any atom is 0.256 e. The number of benzene rings is 1. The lowest BCUT2D eigenvalue weighted by Crippen LogP contribution is -2.13. The Morgan fingerprint density at radius 1 is 1.22 bits per heavy atom. The van der Waals surface area contributed by atoms with Gasteiger partial charge >= 0.3 is 0 Å². The molecule has 0 radical (unpaired) electrons. The molecule has 0 atom stereocenters. The summed E-state index contributed by atoms with van der Waals surface area (Å²) < 4.78 is 1.07. The maximum atomic E-state index is 11.9. The highest BCUT2D eigenvalue weighted by atomic mass is 127. The largest absolute Gasteiger partial charge is 0.307 e. The zero-order valence-electron chi connectivity index (χ0n) is 9.58. The van der Waals surface area contributed by atoms with Gasteiger partial charge in [0.15, 0.2) is 0 Å². The summed E-state index contributed by atoms with van der Waals surface area (Å²) in [4.78, 5) is 16.2. The molecular formula is C13H10ClIN2O. The Hall–Kier alpha value is -1.14. The van der Waals surface area contributed by atoms with E-state index >= 15 is 0 Å². The van der Waals surface area contributed by atoms with E-state index in [1.807, 2.05) is 13.0 Å². The van der Waals surface area contributed by atoms with Crippen LogP contribution in [0.25, 0.3) is 0 Å². The van der Waals surface area contributed by atoms with Crippen LogP contribution in [0.2, 0.25) is 5.02 Å². The molecule has 1 aromatic carbocycles. The van der Waals surface area contributed by atoms with Gasteiger partial charge in [0.2, 0.25) is 0 Å². The average Bonchev–Trinajstić information content (AvgIpc) is 2.34. The van der Waals surface area contributed by atoms with Crippen LogP contribution in [0.15, 0.2) is 36.4 Å². The van der Waals surface area contributed by atoms with Crippen LogP contribution in [-0.4, -0.2) is 10.9 Å². The van der Waals surface area contributed by atoms with Gasteiger partial charge in [0.1, 0.15) is 5.82 Å². The number of aryl methyl sites for hydroxylation is 1. The summed E-state index contributed by atoms with van der Waals surface area (Å²) in [5.41, 5.74) is 1.45. The van der Waals surface area contributed by atoms with Crippen LogP contribution < -0.4 is 5.32 Å². The number of anilines is 1. The third-order valence-electron chi connectivity index (χ3n) is 2.37. The molecule has 0 spiro atoms. The number of nitrogens with zero attached hydrogens (tertiary/aromatic N) is 1. The number of hydrogen-bond donors (Lipinski definition) is 1. The molecule has 1 N–H and O–H groups in total. The monoisotopic (exact) mass is 372 g/mol. The minimum Gasteiger partial charge on any atom is -0.307 e. The Morgan fingerprint density at radius 3 is 2.50 bits per heavy atom. The Kier molecular flexibility index (Phi) is 4.19. The first-order chi connectivity index (χ1) is 8.56. The number of nitrogens with one attached hydrogen (secondary N) is 1. The predicted molar refractivity (Wildman–Crippen MR) is 81.1 cm³/mol. The Bertz CT molecular complexity index is 584. The first-order valence-electron chi connectivity index (χ1n) is 5.26. The normalized spacial score (nSPS) is 10.2. The molecule has 92 valence electrons. The van der Waals surface area contributed by atoms with Crippen LogP contribution in [0.5, 0.6) is 0 Å². The molecule has 0 aliphatic carbocycles. The lowest BCUT2D eigenvalue weighted by atomic mass is 10.2. The fourth-order valence-corrected chi connectivity index (χ4v) is 1.83. The van der Waals surface area contributed by atoms with E-state index in [1.165, 1.54) is 0 Å². The van der Waals surface area contributed by atoms with Crippen molar-refractivity contribution in [2.24, 2.45) is 0 Å². The molecule has 0 bridgehead atoms. The number of aromatic nitrogens is 1. The summed E-state index contributed by atoms with van der Waals surface area (Å²) in [5, 5.41) is 3.36. The van der Waals surface area contributed by atoms with Crippen LogP contribution >= 0.6 is 34.2 Å². The fraction of sp³-hybridized carbons (Fsp3) is 0.0769. The Labute approximate surface area is 124 Å². The first-order valence-corrected chi connectivity index (χ1v) is 6.72. The van der Waals surface area contributed by atoms with Gasteiger partial charge in [-0.15, -0.1) is 0 Å². The number of carbonyl (C=O) groups is 1. The molecule has 0 saturated heterocycles. The molecule has 3 nitrogen and oxygen atoms in total. The highest BCUT2D eigenvalue weighted by Crippen LogP contribution is 2.14. The van der Waals surface area contributed by atoms with E-state index in [0.717, 1.165) is 9.26 Å². The van der Waals surface area contributed by atoms with E-state index < -0.39 is 0 Å². The molecule has 0 aliphatic rings. The minimum absolute atomic E-state index is 0.195. The van der Waals surface area contributed by atoms with E-state index in [9.17, 15) is 4.79 Å². The molecule has 0 saturated carbocycles. The molecule has 1 heterocycles. The lowest BCUT2D eigenvalue weighted by molar-refractivity contribution is 0.102. The summed E-state index contributed by atoms with van der Waals surface area (Å²) in [6, 6.07) is 10.4. The maximum absolute atomic E-state index is 11.9. The van der Waals surface area contributed by atoms with Crippen molar-refractivity contribution in [1.29, 1.82) is 0 Å². The van der Waals surface area contributed by atoms with Crippen LogP contribution in [0.1, 0.15) is 16.1 Å². The average molecular weight is 373 g/mol. The van der Waals surface area contributed by atoms with Gasteiger partial charge in [-0.05, 0) is 65.9 Å². The topological polar surface area (TPSA) is 42.0 Å². The number of rotatable bonds is 2. The van der Waals surface area contributed by atoms with Gasteiger partial charge in [0, 0.05) is 14.2 Å². The quantitative estimate of drug-likeness (QED) is 0.813. The summed E-state index contributed by atoms with van der Waals surface area (Å²) in [5.74, 6) is 0.354. The molecule has 0 unspecified atom stereocenters. The van der Waals surface area contributed by atoms with Crippen molar-refractivity contribution in [1.82, 2.24) is 4.98 Å². The highest BCUT2D eigenvalue weighted by Gasteiger charge is 2.07. The predicted octanol–water partition coefficient (Wildman–Crippen LogP) is 3.90. The molecule has 1 amide bonds. The summed E-state index contributed by atoms with van der Waals surface area (Å²) >= 11 is 7.97. The first kappa shape index (κ1) is 13.3. The van der Waals surface area contributed by atoms with Crippen LogP contribution in [-0.2, 0) is 0 Å². The number of carbonyl (C=O) groups excluding carboxylic acids is 1. The number of amides is 1. The molecule has 2 rings (SSSR count). The molecule has 1 aromatic heterocycles. The van der Waals surface area contributed by atoms with Gasteiger partial charge in [-0.2, -0.15) is 0 Å². The van der Waals surface area contributed by atoms with E-state index in [0.29, 0.717) is 16.4 Å². The van der Waals surface area contributed by atoms with E-state index in [1.54, 1.807) is 30.3 Å². The molecule has 5 heteroatoms. The second-order valence-electron chi connectivity index (χ2n) is 3.72. The highest BCUT2D eigenvalue weighted by molar-refractivity contribution is 14.1. The van der Waals surface area contributed by atoms with Crippen molar-refractivity contribution in [3.8, 4) is 0 Å². The Morgan fingerprint density at radius 2 is 1.89 bits per heavy atom. The van der Waals surface area contributed by atoms with Crippen LogP contribution in [0.3, 0.4) is 0 Å². The summed E-state index contributed by atoms with van der Waals surface area (Å²) in [7, 11) is 0. The third kappa shape index (κ3) is 3.20. The van der Waals surface area contributed by atoms with E-state index in [4.69, 9.17) is 11.6 Å². The van der Waals surface area contributed by atoms with Crippen molar-refractivity contribution in [3.05, 3.63) is 56.2 Å². The van der Waals surface area contributed by atoms with Gasteiger partial charge in [-0.3, -0.25) is 4.79 Å². The minimum atomic E-state index is -0.195. The molecular weight excluding hydrogens is 363 g/mol. The van der Waals surface area contributed by atoms with Crippen LogP contribution in [0.4, 0.5) is 5.82 Å². The van der Waals surface area contributed by atoms with Gasteiger partial charge in [0.05, 0.1) is 5.69 Å². The van der Waals surface area contributed by atoms with Gasteiger partial charge in [-0.1, -0.05) is 11.6 Å². The summed E-state index contributed by atoms with van der Waals surface area (Å²) in [6.07, 6.45) is 0. The van der Waals surface area contributed by atoms with Crippen molar-refractivity contribution < 1.29 is 4.79 Å². The second kappa shape index (κ2) is 5.67. The molecule has 0 fully saturated rings. The van der Waals surface area contributed by atoms with Crippen molar-refractivity contribution in [2.75, 3.05) is 5.32 Å². The van der Waals surface area contributed by atoms with Crippen molar-refractivity contribution >= 4 is 45.9 Å².